The molecule has 18 heavy (non-hydrogen) atoms. The van der Waals surface area contributed by atoms with Crippen LogP contribution in [0, 0.1) is 11.3 Å². The molecule has 1 fully saturated rings. The molecule has 1 saturated carbocycles. The third-order valence-corrected chi connectivity index (χ3v) is 4.04. The van der Waals surface area contributed by atoms with E-state index in [4.69, 9.17) is 0 Å². The molecule has 1 aromatic heterocycles. The summed E-state index contributed by atoms with van der Waals surface area (Å²) in [6.07, 6.45) is 3.46. The zero-order chi connectivity index (χ0) is 13.5. The Bertz CT molecular complexity index is 540. The Morgan fingerprint density at radius 2 is 2.11 bits per heavy atom. The molecule has 1 heterocycles. The quantitative estimate of drug-likeness (QED) is 0.912. The fourth-order valence-corrected chi connectivity index (χ4v) is 2.91. The number of nitrogens with zero attached hydrogens (tertiary/aromatic N) is 1. The minimum atomic E-state index is -0.137. The van der Waals surface area contributed by atoms with Gasteiger partial charge in [0.1, 0.15) is 0 Å². The zero-order valence-electron chi connectivity index (χ0n) is 10.8. The van der Waals surface area contributed by atoms with Crippen molar-refractivity contribution in [2.45, 2.75) is 26.7 Å². The summed E-state index contributed by atoms with van der Waals surface area (Å²) in [4.78, 5) is 23.5. The highest BCUT2D eigenvalue weighted by Gasteiger charge is 2.40. The summed E-state index contributed by atoms with van der Waals surface area (Å²) in [6, 6.07) is 1.44. The molecular weight excluding hydrogens is 296 g/mol. The van der Waals surface area contributed by atoms with Crippen LogP contribution in [0.2, 0.25) is 0 Å². The summed E-state index contributed by atoms with van der Waals surface area (Å²) in [7, 11) is 1.67. The monoisotopic (exact) mass is 312 g/mol. The highest BCUT2D eigenvalue weighted by molar-refractivity contribution is 9.10. The van der Waals surface area contributed by atoms with Crippen molar-refractivity contribution >= 4 is 27.5 Å². The number of anilines is 1. The molecule has 0 aliphatic heterocycles. The summed E-state index contributed by atoms with van der Waals surface area (Å²) in [5, 5.41) is 2.82. The highest BCUT2D eigenvalue weighted by atomic mass is 79.9. The van der Waals surface area contributed by atoms with Gasteiger partial charge in [-0.05, 0) is 34.2 Å². The molecule has 1 amide bonds. The fourth-order valence-electron chi connectivity index (χ4n) is 2.39. The molecule has 4 nitrogen and oxygen atoms in total. The molecule has 0 saturated heterocycles. The molecule has 0 atom stereocenters. The van der Waals surface area contributed by atoms with Crippen molar-refractivity contribution in [1.82, 2.24) is 4.57 Å². The van der Waals surface area contributed by atoms with Crippen LogP contribution < -0.4 is 10.9 Å². The standard InChI is InChI=1S/C13H17BrN2O2/c1-13(2)5-8(6-13)12(18)15-10-4-11(17)16(3)7-9(10)14/h4,7-8H,5-6H2,1-3H3,(H,15,18). The average Bonchev–Trinajstić information content (AvgIpc) is 2.22. The summed E-state index contributed by atoms with van der Waals surface area (Å²) in [5.74, 6) is 0.0687. The molecule has 1 aromatic rings. The Kier molecular flexibility index (Phi) is 3.36. The van der Waals surface area contributed by atoms with Gasteiger partial charge < -0.3 is 9.88 Å². The van der Waals surface area contributed by atoms with Crippen molar-refractivity contribution in [1.29, 1.82) is 0 Å². The van der Waals surface area contributed by atoms with Crippen LogP contribution in [0.4, 0.5) is 5.69 Å². The first-order valence-corrected chi connectivity index (χ1v) is 6.75. The van der Waals surface area contributed by atoms with Gasteiger partial charge >= 0.3 is 0 Å². The number of hydrogen-bond acceptors (Lipinski definition) is 2. The maximum atomic E-state index is 12.0. The van der Waals surface area contributed by atoms with Crippen molar-refractivity contribution < 1.29 is 4.79 Å². The highest BCUT2D eigenvalue weighted by Crippen LogP contribution is 2.45. The van der Waals surface area contributed by atoms with E-state index < -0.39 is 0 Å². The van der Waals surface area contributed by atoms with E-state index in [1.807, 2.05) is 0 Å². The lowest BCUT2D eigenvalue weighted by Gasteiger charge is -2.41. The lowest BCUT2D eigenvalue weighted by Crippen LogP contribution is -2.39. The molecule has 0 spiro atoms. The molecule has 1 aliphatic rings. The van der Waals surface area contributed by atoms with Crippen LogP contribution in [0.15, 0.2) is 21.5 Å². The van der Waals surface area contributed by atoms with E-state index in [0.717, 1.165) is 17.3 Å². The molecule has 2 rings (SSSR count). The van der Waals surface area contributed by atoms with Crippen LogP contribution in [0.5, 0.6) is 0 Å². The first-order valence-electron chi connectivity index (χ1n) is 5.95. The Morgan fingerprint density at radius 3 is 2.67 bits per heavy atom. The fraction of sp³-hybridized carbons (Fsp3) is 0.538. The van der Waals surface area contributed by atoms with Gasteiger partial charge in [0.25, 0.3) is 5.56 Å². The second-order valence-corrected chi connectivity index (χ2v) is 6.60. The third kappa shape index (κ3) is 2.66. The van der Waals surface area contributed by atoms with E-state index in [2.05, 4.69) is 35.1 Å². The minimum Gasteiger partial charge on any atom is -0.325 e. The van der Waals surface area contributed by atoms with Crippen molar-refractivity contribution in [3.05, 3.63) is 27.1 Å². The van der Waals surface area contributed by atoms with Gasteiger partial charge in [0.05, 0.1) is 10.2 Å². The van der Waals surface area contributed by atoms with E-state index in [1.54, 1.807) is 13.2 Å². The van der Waals surface area contributed by atoms with E-state index in [9.17, 15) is 9.59 Å². The van der Waals surface area contributed by atoms with Crippen molar-refractivity contribution in [2.75, 3.05) is 5.32 Å². The van der Waals surface area contributed by atoms with Gasteiger partial charge in [-0.3, -0.25) is 9.59 Å². The molecule has 0 unspecified atom stereocenters. The lowest BCUT2D eigenvalue weighted by atomic mass is 9.64. The number of aryl methyl sites for hydroxylation is 1. The predicted octanol–water partition coefficient (Wildman–Crippen LogP) is 2.52. The number of amides is 1. The van der Waals surface area contributed by atoms with Crippen LogP contribution in [0.1, 0.15) is 26.7 Å². The minimum absolute atomic E-state index is 0.00304. The summed E-state index contributed by atoms with van der Waals surface area (Å²) >= 11 is 3.35. The van der Waals surface area contributed by atoms with Crippen LogP contribution in [-0.4, -0.2) is 10.5 Å². The van der Waals surface area contributed by atoms with Gasteiger partial charge in [-0.1, -0.05) is 13.8 Å². The van der Waals surface area contributed by atoms with Crippen molar-refractivity contribution in [3.63, 3.8) is 0 Å². The van der Waals surface area contributed by atoms with Crippen molar-refractivity contribution in [2.24, 2.45) is 18.4 Å². The Balaban J connectivity index is 2.09. The van der Waals surface area contributed by atoms with Crippen LogP contribution >= 0.6 is 15.9 Å². The maximum Gasteiger partial charge on any atom is 0.252 e. The van der Waals surface area contributed by atoms with E-state index >= 15 is 0 Å². The SMILES string of the molecule is Cn1cc(Br)c(NC(=O)C2CC(C)(C)C2)cc1=O. The second kappa shape index (κ2) is 4.53. The molecule has 0 aromatic carbocycles. The van der Waals surface area contributed by atoms with E-state index in [-0.39, 0.29) is 22.8 Å². The van der Waals surface area contributed by atoms with Crippen LogP contribution in [0.3, 0.4) is 0 Å². The summed E-state index contributed by atoms with van der Waals surface area (Å²) < 4.78 is 2.18. The molecule has 1 aliphatic carbocycles. The zero-order valence-corrected chi connectivity index (χ0v) is 12.4. The first kappa shape index (κ1) is 13.3. The topological polar surface area (TPSA) is 51.1 Å². The van der Waals surface area contributed by atoms with Gasteiger partial charge in [-0.2, -0.15) is 0 Å². The number of carbonyl (C=O) groups is 1. The number of aromatic nitrogens is 1. The predicted molar refractivity (Wildman–Crippen MR) is 74.5 cm³/mol. The van der Waals surface area contributed by atoms with Gasteiger partial charge in [0.2, 0.25) is 5.91 Å². The van der Waals surface area contributed by atoms with Crippen molar-refractivity contribution in [3.8, 4) is 0 Å². The Labute approximate surface area is 115 Å². The smallest absolute Gasteiger partial charge is 0.252 e. The Morgan fingerprint density at radius 1 is 1.50 bits per heavy atom. The lowest BCUT2D eigenvalue weighted by molar-refractivity contribution is -0.126. The second-order valence-electron chi connectivity index (χ2n) is 5.74. The van der Waals surface area contributed by atoms with Gasteiger partial charge in [0.15, 0.2) is 0 Å². The first-order chi connectivity index (χ1) is 8.28. The van der Waals surface area contributed by atoms with E-state index in [1.165, 1.54) is 10.6 Å². The summed E-state index contributed by atoms with van der Waals surface area (Å²) in [5.41, 5.74) is 0.682. The van der Waals surface area contributed by atoms with Crippen LogP contribution in [-0.2, 0) is 11.8 Å². The molecule has 98 valence electrons. The number of nitrogens with one attached hydrogen (secondary N) is 1. The normalized spacial score (nSPS) is 18.2. The molecule has 0 radical (unpaired) electrons. The number of hydrogen-bond donors (Lipinski definition) is 1. The Hall–Kier alpha value is -1.10. The largest absolute Gasteiger partial charge is 0.325 e. The average molecular weight is 313 g/mol. The molecule has 1 N–H and O–H groups in total. The van der Waals surface area contributed by atoms with Crippen LogP contribution in [0.25, 0.3) is 0 Å². The molecular formula is C13H17BrN2O2. The summed E-state index contributed by atoms with van der Waals surface area (Å²) in [6.45, 7) is 4.32. The van der Waals surface area contributed by atoms with Gasteiger partial charge in [0, 0.05) is 25.2 Å². The number of halogens is 1. The van der Waals surface area contributed by atoms with E-state index in [0.29, 0.717) is 5.69 Å². The molecule has 5 heteroatoms. The number of pyridine rings is 1. The van der Waals surface area contributed by atoms with Gasteiger partial charge in [-0.15, -0.1) is 0 Å². The maximum absolute atomic E-state index is 12.0. The number of rotatable bonds is 2. The van der Waals surface area contributed by atoms with Gasteiger partial charge in [-0.25, -0.2) is 0 Å². The molecule has 0 bridgehead atoms. The number of carbonyl (C=O) groups excluding carboxylic acids is 1. The third-order valence-electron chi connectivity index (χ3n) is 3.41.